The molecule has 5 nitrogen and oxygen atoms in total. The third-order valence-electron chi connectivity index (χ3n) is 3.01. The van der Waals surface area contributed by atoms with Crippen LogP contribution in [0.1, 0.15) is 19.4 Å². The molecule has 0 aliphatic heterocycles. The molecule has 0 spiro atoms. The van der Waals surface area contributed by atoms with Gasteiger partial charge in [-0.3, -0.25) is 5.43 Å². The van der Waals surface area contributed by atoms with Gasteiger partial charge in [-0.25, -0.2) is 0 Å². The first-order valence-electron chi connectivity index (χ1n) is 6.97. The summed E-state index contributed by atoms with van der Waals surface area (Å²) in [7, 11) is 0. The molecular weight excluding hydrogens is 266 g/mol. The van der Waals surface area contributed by atoms with Gasteiger partial charge in [0.2, 0.25) is 12.4 Å². The zero-order valence-electron chi connectivity index (χ0n) is 12.5. The van der Waals surface area contributed by atoms with Gasteiger partial charge in [0.05, 0.1) is 11.8 Å². The molecule has 0 aliphatic rings. The van der Waals surface area contributed by atoms with Crippen LogP contribution in [-0.2, 0) is 6.42 Å². The average Bonchev–Trinajstić information content (AvgIpc) is 2.47. The first kappa shape index (κ1) is 16.9. The fourth-order valence-electron chi connectivity index (χ4n) is 2.01. The molecule has 1 atom stereocenters. The van der Waals surface area contributed by atoms with Gasteiger partial charge in [0.15, 0.2) is 0 Å². The van der Waals surface area contributed by atoms with E-state index in [1.54, 1.807) is 6.92 Å². The minimum Gasteiger partial charge on any atom is -0.870 e. The van der Waals surface area contributed by atoms with Crippen LogP contribution in [0.2, 0.25) is 0 Å². The van der Waals surface area contributed by atoms with Crippen LogP contribution in [0.5, 0.6) is 0 Å². The largest absolute Gasteiger partial charge is 0.870 e. The van der Waals surface area contributed by atoms with Crippen molar-refractivity contribution in [2.24, 2.45) is 0 Å². The zero-order valence-corrected chi connectivity index (χ0v) is 12.5. The Morgan fingerprint density at radius 2 is 1.90 bits per heavy atom. The number of nitrogens with one attached hydrogen (secondary N) is 1. The number of aryl methyl sites for hydroxylation is 1. The highest BCUT2D eigenvalue weighted by Gasteiger charge is 2.15. The van der Waals surface area contributed by atoms with Crippen molar-refractivity contribution in [3.8, 4) is 0 Å². The van der Waals surface area contributed by atoms with Crippen molar-refractivity contribution in [3.63, 3.8) is 0 Å². The van der Waals surface area contributed by atoms with E-state index in [4.69, 9.17) is 0 Å². The molecule has 2 rings (SSSR count). The van der Waals surface area contributed by atoms with Gasteiger partial charge in [-0.2, -0.15) is 0 Å². The van der Waals surface area contributed by atoms with Crippen molar-refractivity contribution in [2.75, 3.05) is 17.1 Å². The highest BCUT2D eigenvalue weighted by molar-refractivity contribution is 5.46. The second-order valence-corrected chi connectivity index (χ2v) is 4.85. The summed E-state index contributed by atoms with van der Waals surface area (Å²) in [5.74, 6) is 0. The lowest BCUT2D eigenvalue weighted by molar-refractivity contribution is -0.690. The van der Waals surface area contributed by atoms with Gasteiger partial charge in [-0.15, -0.1) is 0 Å². The molecule has 0 radical (unpaired) electrons. The first-order valence-corrected chi connectivity index (χ1v) is 6.97. The smallest absolute Gasteiger partial charge is 0.201 e. The lowest BCUT2D eigenvalue weighted by Gasteiger charge is -2.20. The average molecular weight is 289 g/mol. The third kappa shape index (κ3) is 5.06. The molecule has 3 N–H and O–H groups in total. The van der Waals surface area contributed by atoms with Crippen molar-refractivity contribution in [2.45, 2.75) is 26.4 Å². The number of aromatic nitrogens is 1. The fourth-order valence-corrected chi connectivity index (χ4v) is 2.01. The third-order valence-corrected chi connectivity index (χ3v) is 3.01. The number of aliphatic hydroxyl groups excluding tert-OH is 1. The second kappa shape index (κ2) is 8.24. The Morgan fingerprint density at radius 3 is 2.52 bits per heavy atom. The number of pyridine rings is 1. The summed E-state index contributed by atoms with van der Waals surface area (Å²) in [5, 5.41) is 11.6. The Balaban J connectivity index is 0.00000220. The van der Waals surface area contributed by atoms with Crippen LogP contribution in [0, 0.1) is 0 Å². The maximum Gasteiger partial charge on any atom is 0.201 e. The lowest BCUT2D eigenvalue weighted by Crippen LogP contribution is -2.62. The molecule has 1 aromatic carbocycles. The van der Waals surface area contributed by atoms with E-state index in [-0.39, 0.29) is 5.48 Å². The molecule has 0 saturated carbocycles. The van der Waals surface area contributed by atoms with Gasteiger partial charge < -0.3 is 10.6 Å². The maximum atomic E-state index is 9.67. The number of hydrogen-bond acceptors (Lipinski definition) is 4. The molecule has 0 aliphatic carbocycles. The van der Waals surface area contributed by atoms with Gasteiger partial charge in [0.25, 0.3) is 0 Å². The molecule has 1 heterocycles. The quantitative estimate of drug-likeness (QED) is 0.627. The zero-order chi connectivity index (χ0) is 14.4. The van der Waals surface area contributed by atoms with Gasteiger partial charge in [0.1, 0.15) is 6.54 Å². The topological polar surface area (TPSA) is 69.4 Å². The molecule has 114 valence electrons. The molecule has 21 heavy (non-hydrogen) atoms. The van der Waals surface area contributed by atoms with E-state index in [1.807, 2.05) is 52.5 Å². The Labute approximate surface area is 125 Å². The van der Waals surface area contributed by atoms with E-state index >= 15 is 0 Å². The minimum atomic E-state index is -0.426. The predicted molar refractivity (Wildman–Crippen MR) is 82.8 cm³/mol. The number of hydrazine groups is 1. The highest BCUT2D eigenvalue weighted by atomic mass is 16.3. The number of benzene rings is 1. The van der Waals surface area contributed by atoms with Crippen LogP contribution in [0.4, 0.5) is 5.69 Å². The summed E-state index contributed by atoms with van der Waals surface area (Å²) in [6, 6.07) is 14.2. The monoisotopic (exact) mass is 289 g/mol. The molecule has 1 aromatic heterocycles. The van der Waals surface area contributed by atoms with E-state index in [1.165, 1.54) is 5.56 Å². The SMILES string of the molecule is CCc1cccc(NN(CC(C)O)[n+]2ccccc2)c1.[OH-]. The molecule has 5 heteroatoms. The van der Waals surface area contributed by atoms with Crippen molar-refractivity contribution in [1.29, 1.82) is 0 Å². The minimum absolute atomic E-state index is 0. The molecule has 2 aromatic rings. The molecule has 1 unspecified atom stereocenters. The molecular formula is C16H23N3O2. The van der Waals surface area contributed by atoms with Gasteiger partial charge in [-0.1, -0.05) is 34.9 Å². The van der Waals surface area contributed by atoms with Crippen LogP contribution in [0.15, 0.2) is 54.9 Å². The summed E-state index contributed by atoms with van der Waals surface area (Å²) in [6.45, 7) is 4.41. The van der Waals surface area contributed by atoms with Gasteiger partial charge in [0, 0.05) is 12.1 Å². The number of nitrogens with zero attached hydrogens (tertiary/aromatic N) is 2. The summed E-state index contributed by atoms with van der Waals surface area (Å²) in [5.41, 5.74) is 5.64. The van der Waals surface area contributed by atoms with Crippen molar-refractivity contribution in [1.82, 2.24) is 0 Å². The summed E-state index contributed by atoms with van der Waals surface area (Å²) < 4.78 is 1.92. The van der Waals surface area contributed by atoms with Crippen LogP contribution >= 0.6 is 0 Å². The summed E-state index contributed by atoms with van der Waals surface area (Å²) in [4.78, 5) is 0. The highest BCUT2D eigenvalue weighted by Crippen LogP contribution is 2.11. The Bertz CT molecular complexity index is 532. The maximum absolute atomic E-state index is 9.67. The first-order chi connectivity index (χ1) is 9.69. The number of hydrogen-bond donors (Lipinski definition) is 2. The van der Waals surface area contributed by atoms with Crippen LogP contribution < -0.4 is 15.2 Å². The van der Waals surface area contributed by atoms with Crippen LogP contribution in [0.3, 0.4) is 0 Å². The van der Waals surface area contributed by atoms with Crippen LogP contribution in [-0.4, -0.2) is 23.2 Å². The van der Waals surface area contributed by atoms with Gasteiger partial charge in [-0.05, 0) is 31.0 Å². The van der Waals surface area contributed by atoms with Crippen molar-refractivity contribution in [3.05, 3.63) is 60.4 Å². The summed E-state index contributed by atoms with van der Waals surface area (Å²) in [6.07, 6.45) is 4.47. The molecule has 0 amide bonds. The van der Waals surface area contributed by atoms with Crippen molar-refractivity contribution < 1.29 is 15.3 Å². The van der Waals surface area contributed by atoms with Gasteiger partial charge >= 0.3 is 0 Å². The molecule has 0 saturated heterocycles. The van der Waals surface area contributed by atoms with Crippen LogP contribution in [0.25, 0.3) is 0 Å². The van der Waals surface area contributed by atoms with Crippen molar-refractivity contribution >= 4 is 5.69 Å². The Morgan fingerprint density at radius 1 is 1.19 bits per heavy atom. The van der Waals surface area contributed by atoms with E-state index in [9.17, 15) is 5.11 Å². The fraction of sp³-hybridized carbons (Fsp3) is 0.312. The van der Waals surface area contributed by atoms with E-state index in [0.717, 1.165) is 12.1 Å². The van der Waals surface area contributed by atoms with E-state index in [2.05, 4.69) is 24.5 Å². The number of aliphatic hydroxyl groups is 1. The standard InChI is InChI=1S/C16H22N3O.H2O/c1-3-15-8-7-9-16(12-15)17-19(13-14(2)20)18-10-5-4-6-11-18;/h4-12,14,17,20H,3,13H2,1-2H3;1H2/q+1;/p-1. The Kier molecular flexibility index (Phi) is 6.65. The number of anilines is 1. The normalized spacial score (nSPS) is 11.4. The second-order valence-electron chi connectivity index (χ2n) is 4.85. The van der Waals surface area contributed by atoms with E-state index in [0.29, 0.717) is 6.54 Å². The van der Waals surface area contributed by atoms with E-state index < -0.39 is 6.10 Å². The lowest BCUT2D eigenvalue weighted by atomic mass is 10.1. The predicted octanol–water partition coefficient (Wildman–Crippen LogP) is 1.71. The number of rotatable bonds is 6. The molecule has 0 bridgehead atoms. The summed E-state index contributed by atoms with van der Waals surface area (Å²) >= 11 is 0. The molecule has 0 fully saturated rings. The Hall–Kier alpha value is -2.11.